The monoisotopic (exact) mass is 294 g/mol. The number of phenolic OH excluding ortho intramolecular Hbond substituents is 2. The lowest BCUT2D eigenvalue weighted by molar-refractivity contribution is 0.413. The van der Waals surface area contributed by atoms with E-state index in [0.29, 0.717) is 23.3 Å². The van der Waals surface area contributed by atoms with Crippen LogP contribution in [0.5, 0.6) is 11.5 Å². The zero-order valence-electron chi connectivity index (χ0n) is 12.9. The highest BCUT2D eigenvalue weighted by Gasteiger charge is 2.22. The molecule has 2 atom stereocenters. The third-order valence-corrected chi connectivity index (χ3v) is 4.82. The molecule has 0 amide bonds. The molecule has 0 bridgehead atoms. The molecule has 0 aromatic heterocycles. The molecule has 0 saturated carbocycles. The number of hydrogen-bond donors (Lipinski definition) is 2. The predicted octanol–water partition coefficient (Wildman–Crippen LogP) is 5.09. The number of aromatic hydroxyl groups is 2. The van der Waals surface area contributed by atoms with Gasteiger partial charge in [-0.1, -0.05) is 37.3 Å². The molecule has 1 aliphatic carbocycles. The number of benzene rings is 2. The van der Waals surface area contributed by atoms with E-state index >= 15 is 0 Å². The summed E-state index contributed by atoms with van der Waals surface area (Å²) >= 11 is 0. The van der Waals surface area contributed by atoms with Gasteiger partial charge in [0.2, 0.25) is 0 Å². The van der Waals surface area contributed by atoms with Crippen LogP contribution in [0.25, 0.3) is 5.57 Å². The Bertz CT molecular complexity index is 653. The maximum atomic E-state index is 9.40. The molecule has 2 nitrogen and oxygen atoms in total. The maximum absolute atomic E-state index is 9.40. The summed E-state index contributed by atoms with van der Waals surface area (Å²) in [5, 5.41) is 18.8. The minimum Gasteiger partial charge on any atom is -0.508 e. The smallest absolute Gasteiger partial charge is 0.115 e. The Labute approximate surface area is 131 Å². The molecule has 1 aliphatic rings. The SMILES string of the molecule is CC(c1ccc(O)cc1)C1CC=C(c2ccc(O)cc2)CC1. The summed E-state index contributed by atoms with van der Waals surface area (Å²) in [5.41, 5.74) is 3.90. The fourth-order valence-electron chi connectivity index (χ4n) is 3.30. The lowest BCUT2D eigenvalue weighted by atomic mass is 9.77. The normalized spacial score (nSPS) is 19.5. The van der Waals surface area contributed by atoms with Crippen LogP contribution in [0.3, 0.4) is 0 Å². The largest absolute Gasteiger partial charge is 0.508 e. The summed E-state index contributed by atoms with van der Waals surface area (Å²) in [6, 6.07) is 15.1. The highest BCUT2D eigenvalue weighted by atomic mass is 16.3. The Hall–Kier alpha value is -2.22. The highest BCUT2D eigenvalue weighted by molar-refractivity contribution is 5.66. The van der Waals surface area contributed by atoms with Crippen molar-refractivity contribution in [2.24, 2.45) is 5.92 Å². The van der Waals surface area contributed by atoms with Crippen LogP contribution >= 0.6 is 0 Å². The first-order chi connectivity index (χ1) is 10.6. The predicted molar refractivity (Wildman–Crippen MR) is 89.9 cm³/mol. The number of hydrogen-bond acceptors (Lipinski definition) is 2. The van der Waals surface area contributed by atoms with Gasteiger partial charge in [-0.25, -0.2) is 0 Å². The van der Waals surface area contributed by atoms with E-state index in [1.807, 2.05) is 24.3 Å². The first-order valence-electron chi connectivity index (χ1n) is 7.91. The van der Waals surface area contributed by atoms with Gasteiger partial charge in [-0.3, -0.25) is 0 Å². The van der Waals surface area contributed by atoms with E-state index in [0.717, 1.165) is 12.8 Å². The molecule has 22 heavy (non-hydrogen) atoms. The van der Waals surface area contributed by atoms with E-state index < -0.39 is 0 Å². The van der Waals surface area contributed by atoms with Gasteiger partial charge in [-0.05, 0) is 72.1 Å². The Balaban J connectivity index is 1.70. The maximum Gasteiger partial charge on any atom is 0.115 e. The van der Waals surface area contributed by atoms with Crippen molar-refractivity contribution in [3.8, 4) is 11.5 Å². The van der Waals surface area contributed by atoms with Crippen molar-refractivity contribution in [1.29, 1.82) is 0 Å². The minimum atomic E-state index is 0.319. The molecule has 2 N–H and O–H groups in total. The van der Waals surface area contributed by atoms with E-state index in [-0.39, 0.29) is 0 Å². The number of allylic oxidation sites excluding steroid dienone is 2. The molecular weight excluding hydrogens is 272 g/mol. The van der Waals surface area contributed by atoms with Crippen LogP contribution in [-0.2, 0) is 0 Å². The van der Waals surface area contributed by atoms with Crippen LogP contribution in [0.15, 0.2) is 54.6 Å². The van der Waals surface area contributed by atoms with Crippen LogP contribution in [0.2, 0.25) is 0 Å². The number of phenols is 2. The lowest BCUT2D eigenvalue weighted by Crippen LogP contribution is -2.13. The van der Waals surface area contributed by atoms with E-state index in [4.69, 9.17) is 0 Å². The molecule has 0 spiro atoms. The second kappa shape index (κ2) is 6.27. The van der Waals surface area contributed by atoms with Gasteiger partial charge in [0, 0.05) is 0 Å². The fraction of sp³-hybridized carbons (Fsp3) is 0.300. The van der Waals surface area contributed by atoms with Crippen molar-refractivity contribution in [2.45, 2.75) is 32.1 Å². The molecule has 2 unspecified atom stereocenters. The van der Waals surface area contributed by atoms with Crippen LogP contribution in [-0.4, -0.2) is 10.2 Å². The van der Waals surface area contributed by atoms with Crippen LogP contribution in [0.1, 0.15) is 43.2 Å². The summed E-state index contributed by atoms with van der Waals surface area (Å²) in [6.07, 6.45) is 5.68. The van der Waals surface area contributed by atoms with E-state index in [2.05, 4.69) is 13.0 Å². The molecule has 114 valence electrons. The van der Waals surface area contributed by atoms with Gasteiger partial charge in [-0.15, -0.1) is 0 Å². The van der Waals surface area contributed by atoms with Gasteiger partial charge >= 0.3 is 0 Å². The lowest BCUT2D eigenvalue weighted by Gasteiger charge is -2.28. The first kappa shape index (κ1) is 14.7. The quantitative estimate of drug-likeness (QED) is 0.828. The molecule has 2 aromatic carbocycles. The fourth-order valence-corrected chi connectivity index (χ4v) is 3.30. The van der Waals surface area contributed by atoms with Gasteiger partial charge in [0.15, 0.2) is 0 Å². The van der Waals surface area contributed by atoms with Crippen molar-refractivity contribution < 1.29 is 10.2 Å². The van der Waals surface area contributed by atoms with Gasteiger partial charge < -0.3 is 10.2 Å². The second-order valence-electron chi connectivity index (χ2n) is 6.19. The minimum absolute atomic E-state index is 0.319. The van der Waals surface area contributed by atoms with Crippen LogP contribution in [0.4, 0.5) is 0 Å². The first-order valence-corrected chi connectivity index (χ1v) is 7.91. The van der Waals surface area contributed by atoms with Crippen molar-refractivity contribution in [3.05, 3.63) is 65.7 Å². The molecule has 3 rings (SSSR count). The Kier molecular flexibility index (Phi) is 4.19. The standard InChI is InChI=1S/C20H22O2/c1-14(16-6-10-19(21)11-7-16)15-2-4-17(5-3-15)18-8-12-20(22)13-9-18/h4,6-15,21-22H,2-3,5H2,1H3. The molecule has 0 fully saturated rings. The third-order valence-electron chi connectivity index (χ3n) is 4.82. The molecule has 0 heterocycles. The van der Waals surface area contributed by atoms with Crippen molar-refractivity contribution >= 4 is 5.57 Å². The van der Waals surface area contributed by atoms with Gasteiger partial charge in [0.25, 0.3) is 0 Å². The molecule has 0 aliphatic heterocycles. The third kappa shape index (κ3) is 3.16. The summed E-state index contributed by atoms with van der Waals surface area (Å²) < 4.78 is 0. The van der Waals surface area contributed by atoms with Crippen molar-refractivity contribution in [3.63, 3.8) is 0 Å². The van der Waals surface area contributed by atoms with Crippen LogP contribution in [0, 0.1) is 5.92 Å². The van der Waals surface area contributed by atoms with E-state index in [1.165, 1.54) is 23.1 Å². The molecule has 2 aromatic rings. The molecule has 2 heteroatoms. The van der Waals surface area contributed by atoms with E-state index in [1.54, 1.807) is 24.3 Å². The Morgan fingerprint density at radius 3 is 2.05 bits per heavy atom. The van der Waals surface area contributed by atoms with E-state index in [9.17, 15) is 10.2 Å². The van der Waals surface area contributed by atoms with Gasteiger partial charge in [-0.2, -0.15) is 0 Å². The van der Waals surface area contributed by atoms with Gasteiger partial charge in [0.05, 0.1) is 0 Å². The van der Waals surface area contributed by atoms with Crippen LogP contribution < -0.4 is 0 Å². The Morgan fingerprint density at radius 1 is 0.909 bits per heavy atom. The topological polar surface area (TPSA) is 40.5 Å². The molecule has 0 saturated heterocycles. The molecule has 0 radical (unpaired) electrons. The number of rotatable bonds is 3. The van der Waals surface area contributed by atoms with Crippen molar-refractivity contribution in [1.82, 2.24) is 0 Å². The highest BCUT2D eigenvalue weighted by Crippen LogP contribution is 2.38. The zero-order valence-corrected chi connectivity index (χ0v) is 12.9. The average Bonchev–Trinajstić information content (AvgIpc) is 2.56. The second-order valence-corrected chi connectivity index (χ2v) is 6.19. The summed E-state index contributed by atoms with van der Waals surface area (Å²) in [4.78, 5) is 0. The average molecular weight is 294 g/mol. The van der Waals surface area contributed by atoms with Gasteiger partial charge in [0.1, 0.15) is 11.5 Å². The zero-order chi connectivity index (χ0) is 15.5. The van der Waals surface area contributed by atoms with Crippen molar-refractivity contribution in [2.75, 3.05) is 0 Å². The summed E-state index contributed by atoms with van der Waals surface area (Å²) in [6.45, 7) is 2.27. The molecular formula is C20H22O2. The Morgan fingerprint density at radius 2 is 1.50 bits per heavy atom. The summed E-state index contributed by atoms with van der Waals surface area (Å²) in [5.74, 6) is 1.79. The summed E-state index contributed by atoms with van der Waals surface area (Å²) in [7, 11) is 0.